The van der Waals surface area contributed by atoms with Gasteiger partial charge in [-0.2, -0.15) is 0 Å². The van der Waals surface area contributed by atoms with Gasteiger partial charge in [0.25, 0.3) is 0 Å². The molecule has 0 aliphatic carbocycles. The first-order chi connectivity index (χ1) is 15.1. The van der Waals surface area contributed by atoms with E-state index < -0.39 is 0 Å². The van der Waals surface area contributed by atoms with Crippen LogP contribution in [0.1, 0.15) is 18.4 Å². The summed E-state index contributed by atoms with van der Waals surface area (Å²) in [6.45, 7) is 2.41. The largest absolute Gasteiger partial charge is 0.325 e. The van der Waals surface area contributed by atoms with E-state index in [9.17, 15) is 4.79 Å². The summed E-state index contributed by atoms with van der Waals surface area (Å²) < 4.78 is 0. The van der Waals surface area contributed by atoms with Crippen LogP contribution >= 0.6 is 35.0 Å². The molecule has 0 bridgehead atoms. The Morgan fingerprint density at radius 2 is 1.55 bits per heavy atom. The van der Waals surface area contributed by atoms with Crippen LogP contribution in [0.4, 0.5) is 5.69 Å². The second-order valence-electron chi connectivity index (χ2n) is 7.65. The summed E-state index contributed by atoms with van der Waals surface area (Å²) >= 11 is 14.3. The molecule has 0 saturated carbocycles. The number of amides is 1. The number of hydrogen-bond donors (Lipinski definition) is 1. The Bertz CT molecular complexity index is 1020. The molecule has 3 nitrogen and oxygen atoms in total. The molecule has 0 radical (unpaired) electrons. The molecular formula is C25H24Cl2N2OS. The van der Waals surface area contributed by atoms with Crippen LogP contribution in [0.25, 0.3) is 0 Å². The van der Waals surface area contributed by atoms with E-state index in [1.807, 2.05) is 60.7 Å². The van der Waals surface area contributed by atoms with Crippen molar-refractivity contribution in [3.63, 3.8) is 0 Å². The van der Waals surface area contributed by atoms with E-state index in [1.165, 1.54) is 0 Å². The Kier molecular flexibility index (Phi) is 7.57. The zero-order valence-corrected chi connectivity index (χ0v) is 19.4. The molecule has 3 aromatic rings. The number of hydrogen-bond acceptors (Lipinski definition) is 3. The first kappa shape index (κ1) is 22.2. The molecular weight excluding hydrogens is 447 g/mol. The Balaban J connectivity index is 1.35. The topological polar surface area (TPSA) is 32.3 Å². The third kappa shape index (κ3) is 5.83. The zero-order valence-electron chi connectivity index (χ0n) is 17.1. The average molecular weight is 471 g/mol. The normalized spacial score (nSPS) is 15.0. The fourth-order valence-electron chi connectivity index (χ4n) is 3.77. The minimum absolute atomic E-state index is 0.00717. The van der Waals surface area contributed by atoms with Crippen molar-refractivity contribution < 1.29 is 4.79 Å². The number of benzene rings is 3. The molecule has 31 heavy (non-hydrogen) atoms. The van der Waals surface area contributed by atoms with E-state index in [1.54, 1.807) is 11.8 Å². The molecule has 1 aliphatic rings. The summed E-state index contributed by atoms with van der Waals surface area (Å²) in [6.07, 6.45) is 1.64. The van der Waals surface area contributed by atoms with Gasteiger partial charge in [-0.15, -0.1) is 0 Å². The van der Waals surface area contributed by atoms with Gasteiger partial charge in [-0.05, 0) is 62.3 Å². The highest BCUT2D eigenvalue weighted by Crippen LogP contribution is 2.34. The van der Waals surface area contributed by atoms with Gasteiger partial charge in [-0.25, -0.2) is 0 Å². The first-order valence-electron chi connectivity index (χ1n) is 10.4. The maximum Gasteiger partial charge on any atom is 0.227 e. The van der Waals surface area contributed by atoms with Crippen LogP contribution in [-0.4, -0.2) is 23.9 Å². The van der Waals surface area contributed by atoms with E-state index in [-0.39, 0.29) is 11.8 Å². The summed E-state index contributed by atoms with van der Waals surface area (Å²) in [7, 11) is 0. The van der Waals surface area contributed by atoms with Crippen molar-refractivity contribution >= 4 is 46.6 Å². The second kappa shape index (κ2) is 10.6. The Morgan fingerprint density at radius 3 is 2.26 bits per heavy atom. The molecule has 1 saturated heterocycles. The van der Waals surface area contributed by atoms with Crippen LogP contribution in [0.3, 0.4) is 0 Å². The van der Waals surface area contributed by atoms with E-state index in [0.717, 1.165) is 47.0 Å². The van der Waals surface area contributed by atoms with Crippen molar-refractivity contribution in [1.29, 1.82) is 0 Å². The molecule has 1 N–H and O–H groups in total. The van der Waals surface area contributed by atoms with Crippen molar-refractivity contribution in [3.05, 3.63) is 88.4 Å². The average Bonchev–Trinajstić information content (AvgIpc) is 2.79. The third-order valence-electron chi connectivity index (χ3n) is 5.52. The highest BCUT2D eigenvalue weighted by molar-refractivity contribution is 7.99. The van der Waals surface area contributed by atoms with Gasteiger partial charge in [0.1, 0.15) is 0 Å². The predicted octanol–water partition coefficient (Wildman–Crippen LogP) is 7.00. The molecule has 3 aromatic carbocycles. The molecule has 6 heteroatoms. The van der Waals surface area contributed by atoms with E-state index in [0.29, 0.717) is 16.6 Å². The fourth-order valence-corrected chi connectivity index (χ4v) is 5.21. The van der Waals surface area contributed by atoms with Gasteiger partial charge in [0.15, 0.2) is 0 Å². The van der Waals surface area contributed by atoms with Crippen molar-refractivity contribution in [2.75, 3.05) is 18.4 Å². The van der Waals surface area contributed by atoms with Crippen LogP contribution < -0.4 is 5.32 Å². The monoisotopic (exact) mass is 470 g/mol. The quantitative estimate of drug-likeness (QED) is 0.420. The van der Waals surface area contributed by atoms with E-state index in [2.05, 4.69) is 22.3 Å². The lowest BCUT2D eigenvalue weighted by molar-refractivity contribution is -0.121. The standard InChI is InChI=1S/C25H24Cl2N2OS/c26-21-9-6-10-22(27)20(21)17-29-15-13-18(14-16-29)25(30)28-23-11-4-5-12-24(23)31-19-7-2-1-3-8-19/h1-12,18H,13-17H2,(H,28,30). The number of nitrogens with one attached hydrogen (secondary N) is 1. The summed E-state index contributed by atoms with van der Waals surface area (Å²) in [5, 5.41) is 4.55. The van der Waals surface area contributed by atoms with Crippen LogP contribution in [0, 0.1) is 5.92 Å². The number of rotatable bonds is 6. The molecule has 0 aromatic heterocycles. The van der Waals surface area contributed by atoms with Crippen molar-refractivity contribution in [3.8, 4) is 0 Å². The lowest BCUT2D eigenvalue weighted by Crippen LogP contribution is -2.37. The number of para-hydroxylation sites is 1. The lowest BCUT2D eigenvalue weighted by atomic mass is 9.95. The van der Waals surface area contributed by atoms with Crippen molar-refractivity contribution in [2.24, 2.45) is 5.92 Å². The van der Waals surface area contributed by atoms with Gasteiger partial charge in [0.2, 0.25) is 5.91 Å². The van der Waals surface area contributed by atoms with Gasteiger partial charge in [0.05, 0.1) is 5.69 Å². The molecule has 4 rings (SSSR count). The molecule has 1 amide bonds. The molecule has 1 aliphatic heterocycles. The summed E-state index contributed by atoms with van der Waals surface area (Å²) in [5.74, 6) is 0.101. The number of nitrogens with zero attached hydrogens (tertiary/aromatic N) is 1. The minimum atomic E-state index is 0.00717. The number of piperidine rings is 1. The maximum atomic E-state index is 13.0. The fraction of sp³-hybridized carbons (Fsp3) is 0.240. The van der Waals surface area contributed by atoms with Crippen molar-refractivity contribution in [2.45, 2.75) is 29.2 Å². The van der Waals surface area contributed by atoms with Gasteiger partial charge < -0.3 is 5.32 Å². The maximum absolute atomic E-state index is 13.0. The Hall–Kier alpha value is -1.98. The third-order valence-corrected chi connectivity index (χ3v) is 7.31. The van der Waals surface area contributed by atoms with Gasteiger partial charge in [-0.1, -0.05) is 71.4 Å². The molecule has 1 fully saturated rings. The number of anilines is 1. The summed E-state index contributed by atoms with van der Waals surface area (Å²) in [6, 6.07) is 23.8. The molecule has 0 atom stereocenters. The van der Waals surface area contributed by atoms with E-state index in [4.69, 9.17) is 23.2 Å². The second-order valence-corrected chi connectivity index (χ2v) is 9.58. The first-order valence-corrected chi connectivity index (χ1v) is 12.0. The lowest BCUT2D eigenvalue weighted by Gasteiger charge is -2.31. The van der Waals surface area contributed by atoms with Crippen LogP contribution in [-0.2, 0) is 11.3 Å². The Morgan fingerprint density at radius 1 is 0.903 bits per heavy atom. The van der Waals surface area contributed by atoms with Gasteiger partial charge in [-0.3, -0.25) is 9.69 Å². The molecule has 0 spiro atoms. The minimum Gasteiger partial charge on any atom is -0.325 e. The van der Waals surface area contributed by atoms with Crippen LogP contribution in [0.15, 0.2) is 82.6 Å². The highest BCUT2D eigenvalue weighted by atomic mass is 35.5. The molecule has 1 heterocycles. The Labute approximate surface area is 197 Å². The van der Waals surface area contributed by atoms with Crippen molar-refractivity contribution in [1.82, 2.24) is 4.90 Å². The highest BCUT2D eigenvalue weighted by Gasteiger charge is 2.26. The zero-order chi connectivity index (χ0) is 21.6. The van der Waals surface area contributed by atoms with Crippen LogP contribution in [0.5, 0.6) is 0 Å². The summed E-state index contributed by atoms with van der Waals surface area (Å²) in [5.41, 5.74) is 1.83. The van der Waals surface area contributed by atoms with Gasteiger partial charge in [0, 0.05) is 37.9 Å². The van der Waals surface area contributed by atoms with E-state index >= 15 is 0 Å². The SMILES string of the molecule is O=C(Nc1ccccc1Sc1ccccc1)C1CCN(Cc2c(Cl)cccc2Cl)CC1. The van der Waals surface area contributed by atoms with Gasteiger partial charge >= 0.3 is 0 Å². The smallest absolute Gasteiger partial charge is 0.227 e. The predicted molar refractivity (Wildman–Crippen MR) is 130 cm³/mol. The molecule has 160 valence electrons. The number of carbonyl (C=O) groups excluding carboxylic acids is 1. The number of halogens is 2. The summed E-state index contributed by atoms with van der Waals surface area (Å²) in [4.78, 5) is 17.5. The molecule has 0 unspecified atom stereocenters. The number of carbonyl (C=O) groups is 1. The number of likely N-dealkylation sites (tertiary alicyclic amines) is 1. The van der Waals surface area contributed by atoms with Crippen LogP contribution in [0.2, 0.25) is 10.0 Å².